The van der Waals surface area contributed by atoms with Gasteiger partial charge in [-0.15, -0.1) is 0 Å². The van der Waals surface area contributed by atoms with Crippen LogP contribution in [0.15, 0.2) is 16.7 Å². The molecule has 2 rings (SSSR count). The summed E-state index contributed by atoms with van der Waals surface area (Å²) >= 11 is 0. The van der Waals surface area contributed by atoms with Gasteiger partial charge in [0.05, 0.1) is 12.8 Å². The summed E-state index contributed by atoms with van der Waals surface area (Å²) < 4.78 is 5.33. The maximum atomic E-state index is 5.61. The summed E-state index contributed by atoms with van der Waals surface area (Å²) in [6.45, 7) is 6.23. The molecule has 0 amide bonds. The van der Waals surface area contributed by atoms with E-state index in [1.54, 1.807) is 6.26 Å². The molecule has 2 heterocycles. The first-order chi connectivity index (χ1) is 7.33. The molecular formula is C12H20N2O. The lowest BCUT2D eigenvalue weighted by Gasteiger charge is -2.15. The summed E-state index contributed by atoms with van der Waals surface area (Å²) in [4.78, 5) is 2.50. The second kappa shape index (κ2) is 4.81. The smallest absolute Gasteiger partial charge is 0.121 e. The Morgan fingerprint density at radius 3 is 3.13 bits per heavy atom. The van der Waals surface area contributed by atoms with Gasteiger partial charge in [-0.1, -0.05) is 13.3 Å². The Bertz CT molecular complexity index is 308. The van der Waals surface area contributed by atoms with Crippen molar-refractivity contribution in [2.45, 2.75) is 32.9 Å². The highest BCUT2D eigenvalue weighted by atomic mass is 16.3. The van der Waals surface area contributed by atoms with Crippen molar-refractivity contribution in [3.05, 3.63) is 23.7 Å². The lowest BCUT2D eigenvalue weighted by atomic mass is 10.1. The molecule has 0 saturated carbocycles. The van der Waals surface area contributed by atoms with Gasteiger partial charge < -0.3 is 10.2 Å². The first kappa shape index (κ1) is 10.7. The Labute approximate surface area is 91.2 Å². The van der Waals surface area contributed by atoms with Crippen LogP contribution in [0.2, 0.25) is 0 Å². The molecule has 0 bridgehead atoms. The molecule has 1 saturated heterocycles. The Kier molecular flexibility index (Phi) is 3.44. The monoisotopic (exact) mass is 208 g/mol. The molecule has 1 fully saturated rings. The number of nitrogens with two attached hydrogens (primary N) is 1. The largest absolute Gasteiger partial charge is 0.468 e. The van der Waals surface area contributed by atoms with E-state index in [4.69, 9.17) is 10.2 Å². The summed E-state index contributed by atoms with van der Waals surface area (Å²) in [6.07, 6.45) is 4.38. The van der Waals surface area contributed by atoms with Crippen LogP contribution in [0.1, 0.15) is 31.1 Å². The molecule has 3 heteroatoms. The fourth-order valence-electron chi connectivity index (χ4n) is 2.32. The lowest BCUT2D eigenvalue weighted by Crippen LogP contribution is -2.20. The maximum absolute atomic E-state index is 5.61. The third-order valence-corrected chi connectivity index (χ3v) is 3.36. The van der Waals surface area contributed by atoms with Gasteiger partial charge in [-0.05, 0) is 24.9 Å². The van der Waals surface area contributed by atoms with Crippen LogP contribution in [0.3, 0.4) is 0 Å². The van der Waals surface area contributed by atoms with Gasteiger partial charge in [-0.3, -0.25) is 4.90 Å². The summed E-state index contributed by atoms with van der Waals surface area (Å²) in [5.74, 6) is 1.83. The maximum Gasteiger partial charge on any atom is 0.121 e. The fraction of sp³-hybridized carbons (Fsp3) is 0.667. The zero-order chi connectivity index (χ0) is 10.7. The van der Waals surface area contributed by atoms with E-state index >= 15 is 0 Å². The van der Waals surface area contributed by atoms with Crippen LogP contribution in [-0.4, -0.2) is 18.0 Å². The molecule has 0 aromatic carbocycles. The van der Waals surface area contributed by atoms with Crippen molar-refractivity contribution in [1.29, 1.82) is 0 Å². The standard InChI is InChI=1S/C12H20N2O/c1-2-10-3-5-14(8-10)9-11-4-6-15-12(11)7-13/h4,6,10H,2-3,5,7-9,13H2,1H3. The minimum Gasteiger partial charge on any atom is -0.468 e. The molecule has 2 N–H and O–H groups in total. The molecule has 1 aliphatic heterocycles. The lowest BCUT2D eigenvalue weighted by molar-refractivity contribution is 0.312. The Balaban J connectivity index is 1.92. The Morgan fingerprint density at radius 2 is 2.47 bits per heavy atom. The van der Waals surface area contributed by atoms with Gasteiger partial charge >= 0.3 is 0 Å². The number of hydrogen-bond donors (Lipinski definition) is 1. The van der Waals surface area contributed by atoms with E-state index in [1.165, 1.54) is 31.5 Å². The number of furan rings is 1. The third-order valence-electron chi connectivity index (χ3n) is 3.36. The van der Waals surface area contributed by atoms with E-state index in [9.17, 15) is 0 Å². The van der Waals surface area contributed by atoms with Gasteiger partial charge in [0.1, 0.15) is 5.76 Å². The van der Waals surface area contributed by atoms with Crippen LogP contribution < -0.4 is 5.73 Å². The van der Waals surface area contributed by atoms with Crippen LogP contribution in [-0.2, 0) is 13.1 Å². The van der Waals surface area contributed by atoms with Crippen LogP contribution in [0.4, 0.5) is 0 Å². The fourth-order valence-corrected chi connectivity index (χ4v) is 2.32. The van der Waals surface area contributed by atoms with Crippen molar-refractivity contribution < 1.29 is 4.42 Å². The van der Waals surface area contributed by atoms with Crippen molar-refractivity contribution in [2.24, 2.45) is 11.7 Å². The van der Waals surface area contributed by atoms with Crippen molar-refractivity contribution in [3.63, 3.8) is 0 Å². The van der Waals surface area contributed by atoms with Crippen molar-refractivity contribution in [2.75, 3.05) is 13.1 Å². The number of nitrogens with zero attached hydrogens (tertiary/aromatic N) is 1. The molecule has 3 nitrogen and oxygen atoms in total. The third kappa shape index (κ3) is 2.41. The highest BCUT2D eigenvalue weighted by Crippen LogP contribution is 2.22. The second-order valence-corrected chi connectivity index (χ2v) is 4.37. The molecule has 1 aromatic rings. The zero-order valence-corrected chi connectivity index (χ0v) is 9.41. The molecule has 15 heavy (non-hydrogen) atoms. The summed E-state index contributed by atoms with van der Waals surface area (Å²) in [5.41, 5.74) is 6.87. The predicted octanol–water partition coefficient (Wildman–Crippen LogP) is 1.97. The van der Waals surface area contributed by atoms with E-state index in [0.717, 1.165) is 18.2 Å². The number of rotatable bonds is 4. The highest BCUT2D eigenvalue weighted by Gasteiger charge is 2.21. The Hall–Kier alpha value is -0.800. The van der Waals surface area contributed by atoms with Gasteiger partial charge in [0, 0.05) is 18.7 Å². The minimum atomic E-state index is 0.507. The van der Waals surface area contributed by atoms with Crippen molar-refractivity contribution in [1.82, 2.24) is 4.90 Å². The molecule has 0 aliphatic carbocycles. The Morgan fingerprint density at radius 1 is 1.60 bits per heavy atom. The SMILES string of the molecule is CCC1CCN(Cc2ccoc2CN)C1. The molecular weight excluding hydrogens is 188 g/mol. The van der Waals surface area contributed by atoms with Crippen LogP contribution in [0.5, 0.6) is 0 Å². The average molecular weight is 208 g/mol. The van der Waals surface area contributed by atoms with E-state index < -0.39 is 0 Å². The predicted molar refractivity (Wildman–Crippen MR) is 60.3 cm³/mol. The first-order valence-corrected chi connectivity index (χ1v) is 5.81. The molecule has 0 spiro atoms. The first-order valence-electron chi connectivity index (χ1n) is 5.81. The molecule has 1 unspecified atom stereocenters. The van der Waals surface area contributed by atoms with E-state index in [2.05, 4.69) is 11.8 Å². The van der Waals surface area contributed by atoms with Gasteiger partial charge in [-0.2, -0.15) is 0 Å². The number of hydrogen-bond acceptors (Lipinski definition) is 3. The number of likely N-dealkylation sites (tertiary alicyclic amines) is 1. The van der Waals surface area contributed by atoms with Gasteiger partial charge in [0.2, 0.25) is 0 Å². The van der Waals surface area contributed by atoms with Crippen LogP contribution in [0.25, 0.3) is 0 Å². The zero-order valence-electron chi connectivity index (χ0n) is 9.41. The summed E-state index contributed by atoms with van der Waals surface area (Å²) in [7, 11) is 0. The second-order valence-electron chi connectivity index (χ2n) is 4.37. The average Bonchev–Trinajstić information content (AvgIpc) is 2.87. The van der Waals surface area contributed by atoms with Crippen LogP contribution >= 0.6 is 0 Å². The molecule has 1 aromatic heterocycles. The molecule has 0 radical (unpaired) electrons. The minimum absolute atomic E-state index is 0.507. The summed E-state index contributed by atoms with van der Waals surface area (Å²) in [6, 6.07) is 2.04. The van der Waals surface area contributed by atoms with E-state index in [0.29, 0.717) is 6.54 Å². The van der Waals surface area contributed by atoms with Gasteiger partial charge in [-0.25, -0.2) is 0 Å². The topological polar surface area (TPSA) is 42.4 Å². The van der Waals surface area contributed by atoms with Crippen LogP contribution in [0, 0.1) is 5.92 Å². The quantitative estimate of drug-likeness (QED) is 0.822. The van der Waals surface area contributed by atoms with Gasteiger partial charge in [0.15, 0.2) is 0 Å². The van der Waals surface area contributed by atoms with Crippen molar-refractivity contribution in [3.8, 4) is 0 Å². The summed E-state index contributed by atoms with van der Waals surface area (Å²) in [5, 5.41) is 0. The van der Waals surface area contributed by atoms with Crippen molar-refractivity contribution >= 4 is 0 Å². The van der Waals surface area contributed by atoms with E-state index in [1.807, 2.05) is 6.07 Å². The normalized spacial score (nSPS) is 22.4. The molecule has 84 valence electrons. The molecule has 1 aliphatic rings. The van der Waals surface area contributed by atoms with Gasteiger partial charge in [0.25, 0.3) is 0 Å². The molecule has 1 atom stereocenters. The highest BCUT2D eigenvalue weighted by molar-refractivity contribution is 5.16. The van der Waals surface area contributed by atoms with E-state index in [-0.39, 0.29) is 0 Å².